The molecule has 4 heteroatoms. The molecule has 0 radical (unpaired) electrons. The molecule has 0 bridgehead atoms. The molecule has 1 N–H and O–H groups in total. The number of aryl methyl sites for hydroxylation is 1. The summed E-state index contributed by atoms with van der Waals surface area (Å²) in [6, 6.07) is 9.04. The van der Waals surface area contributed by atoms with E-state index in [2.05, 4.69) is 5.32 Å². The minimum atomic E-state index is -0.398. The van der Waals surface area contributed by atoms with Gasteiger partial charge in [-0.2, -0.15) is 0 Å². The molecule has 0 aliphatic carbocycles. The molecule has 0 aliphatic heterocycles. The molecule has 0 amide bonds. The molecule has 2 aromatic rings. The van der Waals surface area contributed by atoms with Crippen molar-refractivity contribution >= 4 is 0 Å². The summed E-state index contributed by atoms with van der Waals surface area (Å²) in [7, 11) is 3.23. The zero-order valence-corrected chi connectivity index (χ0v) is 11.7. The molecule has 2 rings (SSSR count). The molecule has 0 aliphatic rings. The van der Waals surface area contributed by atoms with Gasteiger partial charge < -0.3 is 10.1 Å². The predicted octanol–water partition coefficient (Wildman–Crippen LogP) is 3.59. The zero-order valence-electron chi connectivity index (χ0n) is 11.7. The summed E-state index contributed by atoms with van der Waals surface area (Å²) in [5.41, 5.74) is 1.73. The van der Waals surface area contributed by atoms with Crippen LogP contribution in [-0.2, 0) is 0 Å². The summed E-state index contributed by atoms with van der Waals surface area (Å²) in [6.07, 6.45) is 0. The van der Waals surface area contributed by atoms with E-state index in [-0.39, 0.29) is 11.6 Å². The number of ether oxygens (including phenoxy) is 1. The largest absolute Gasteiger partial charge is 0.496 e. The Hall–Kier alpha value is -1.94. The van der Waals surface area contributed by atoms with Crippen molar-refractivity contribution in [1.82, 2.24) is 5.32 Å². The van der Waals surface area contributed by atoms with Gasteiger partial charge in [0.15, 0.2) is 0 Å². The third-order valence-electron chi connectivity index (χ3n) is 3.33. The van der Waals surface area contributed by atoms with Crippen molar-refractivity contribution in [1.29, 1.82) is 0 Å². The second-order valence-corrected chi connectivity index (χ2v) is 4.59. The Morgan fingerprint density at radius 1 is 1.10 bits per heavy atom. The quantitative estimate of drug-likeness (QED) is 0.922. The van der Waals surface area contributed by atoms with Crippen molar-refractivity contribution in [2.75, 3.05) is 14.2 Å². The van der Waals surface area contributed by atoms with Crippen LogP contribution in [-0.4, -0.2) is 14.2 Å². The molecule has 1 unspecified atom stereocenters. The van der Waals surface area contributed by atoms with Gasteiger partial charge in [-0.15, -0.1) is 0 Å². The number of nitrogens with one attached hydrogen (secondary N) is 1. The van der Waals surface area contributed by atoms with E-state index in [1.807, 2.05) is 0 Å². The summed E-state index contributed by atoms with van der Waals surface area (Å²) >= 11 is 0. The van der Waals surface area contributed by atoms with Crippen LogP contribution < -0.4 is 10.1 Å². The monoisotopic (exact) mass is 277 g/mol. The first-order valence-electron chi connectivity index (χ1n) is 6.34. The van der Waals surface area contributed by atoms with Crippen LogP contribution >= 0.6 is 0 Å². The third-order valence-corrected chi connectivity index (χ3v) is 3.33. The standard InChI is InChI=1S/C16H17F2NO/c1-10-9-11(7-8-12(10)17)16(19-2)15-13(18)5-4-6-14(15)20-3/h4-9,16,19H,1-3H3. The number of rotatable bonds is 4. The van der Waals surface area contributed by atoms with Gasteiger partial charge in [-0.3, -0.25) is 0 Å². The minimum absolute atomic E-state index is 0.274. The lowest BCUT2D eigenvalue weighted by Crippen LogP contribution is -2.20. The fourth-order valence-corrected chi connectivity index (χ4v) is 2.30. The summed E-state index contributed by atoms with van der Waals surface area (Å²) in [5, 5.41) is 3.05. The van der Waals surface area contributed by atoms with Crippen LogP contribution in [0.4, 0.5) is 8.78 Å². The van der Waals surface area contributed by atoms with Gasteiger partial charge in [0, 0.05) is 0 Å². The van der Waals surface area contributed by atoms with E-state index in [1.165, 1.54) is 19.2 Å². The third kappa shape index (κ3) is 2.65. The molecule has 0 heterocycles. The molecule has 106 valence electrons. The Morgan fingerprint density at radius 2 is 1.85 bits per heavy atom. The molecule has 20 heavy (non-hydrogen) atoms. The summed E-state index contributed by atoms with van der Waals surface area (Å²) < 4.78 is 32.8. The van der Waals surface area contributed by atoms with Gasteiger partial charge in [0.2, 0.25) is 0 Å². The Kier molecular flexibility index (Phi) is 4.35. The Labute approximate surface area is 117 Å². The lowest BCUT2D eigenvalue weighted by atomic mass is 9.96. The van der Waals surface area contributed by atoms with Gasteiger partial charge in [-0.25, -0.2) is 8.78 Å². The summed E-state index contributed by atoms with van der Waals surface area (Å²) in [4.78, 5) is 0. The van der Waals surface area contributed by atoms with Crippen LogP contribution in [0.1, 0.15) is 22.7 Å². The highest BCUT2D eigenvalue weighted by atomic mass is 19.1. The lowest BCUT2D eigenvalue weighted by Gasteiger charge is -2.21. The van der Waals surface area contributed by atoms with E-state index in [0.717, 1.165) is 5.56 Å². The topological polar surface area (TPSA) is 21.3 Å². The van der Waals surface area contributed by atoms with Crippen LogP contribution in [0.5, 0.6) is 5.75 Å². The van der Waals surface area contributed by atoms with Crippen LogP contribution in [0.2, 0.25) is 0 Å². The number of benzene rings is 2. The number of hydrogen-bond acceptors (Lipinski definition) is 2. The van der Waals surface area contributed by atoms with Gasteiger partial charge >= 0.3 is 0 Å². The number of halogens is 2. The van der Waals surface area contributed by atoms with Gasteiger partial charge in [0.25, 0.3) is 0 Å². The van der Waals surface area contributed by atoms with Crippen molar-refractivity contribution in [3.05, 3.63) is 64.7 Å². The number of methoxy groups -OCH3 is 1. The van der Waals surface area contributed by atoms with Crippen molar-refractivity contribution < 1.29 is 13.5 Å². The first-order valence-corrected chi connectivity index (χ1v) is 6.34. The SMILES string of the molecule is CNC(c1ccc(F)c(C)c1)c1c(F)cccc1OC. The molecule has 0 saturated carbocycles. The predicted molar refractivity (Wildman–Crippen MR) is 75.0 cm³/mol. The van der Waals surface area contributed by atoms with E-state index in [0.29, 0.717) is 16.9 Å². The number of hydrogen-bond donors (Lipinski definition) is 1. The van der Waals surface area contributed by atoms with Crippen molar-refractivity contribution in [2.45, 2.75) is 13.0 Å². The maximum absolute atomic E-state index is 14.1. The maximum atomic E-state index is 14.1. The van der Waals surface area contributed by atoms with E-state index >= 15 is 0 Å². The average Bonchev–Trinajstić information content (AvgIpc) is 2.45. The Balaban J connectivity index is 2.55. The van der Waals surface area contributed by atoms with E-state index in [4.69, 9.17) is 4.74 Å². The smallest absolute Gasteiger partial charge is 0.132 e. The average molecular weight is 277 g/mol. The molecule has 0 fully saturated rings. The van der Waals surface area contributed by atoms with Crippen LogP contribution in [0, 0.1) is 18.6 Å². The van der Waals surface area contributed by atoms with Crippen molar-refractivity contribution in [3.63, 3.8) is 0 Å². The van der Waals surface area contributed by atoms with Crippen molar-refractivity contribution in [2.24, 2.45) is 0 Å². The fourth-order valence-electron chi connectivity index (χ4n) is 2.30. The van der Waals surface area contributed by atoms with Crippen molar-refractivity contribution in [3.8, 4) is 5.75 Å². The summed E-state index contributed by atoms with van der Waals surface area (Å²) in [5.74, 6) is -0.166. The highest BCUT2D eigenvalue weighted by Crippen LogP contribution is 2.32. The minimum Gasteiger partial charge on any atom is -0.496 e. The zero-order chi connectivity index (χ0) is 14.7. The Bertz CT molecular complexity index is 613. The molecule has 2 nitrogen and oxygen atoms in total. The second kappa shape index (κ2) is 6.01. The molecule has 0 aromatic heterocycles. The second-order valence-electron chi connectivity index (χ2n) is 4.59. The van der Waals surface area contributed by atoms with Crippen LogP contribution in [0.15, 0.2) is 36.4 Å². The van der Waals surface area contributed by atoms with Crippen LogP contribution in [0.25, 0.3) is 0 Å². The first-order chi connectivity index (χ1) is 9.58. The highest BCUT2D eigenvalue weighted by Gasteiger charge is 2.21. The normalized spacial score (nSPS) is 12.2. The van der Waals surface area contributed by atoms with Gasteiger partial charge in [-0.05, 0) is 43.3 Å². The Morgan fingerprint density at radius 3 is 2.45 bits per heavy atom. The fraction of sp³-hybridized carbons (Fsp3) is 0.250. The van der Waals surface area contributed by atoms with E-state index in [1.54, 1.807) is 38.2 Å². The molecular formula is C16H17F2NO. The van der Waals surface area contributed by atoms with Gasteiger partial charge in [0.1, 0.15) is 17.4 Å². The maximum Gasteiger partial charge on any atom is 0.132 e. The van der Waals surface area contributed by atoms with E-state index in [9.17, 15) is 8.78 Å². The highest BCUT2D eigenvalue weighted by molar-refractivity contribution is 5.43. The van der Waals surface area contributed by atoms with E-state index < -0.39 is 6.04 Å². The molecule has 2 aromatic carbocycles. The first kappa shape index (κ1) is 14.5. The summed E-state index contributed by atoms with van der Waals surface area (Å²) in [6.45, 7) is 1.68. The molecule has 0 spiro atoms. The molecule has 1 atom stereocenters. The van der Waals surface area contributed by atoms with Gasteiger partial charge in [-0.1, -0.05) is 18.2 Å². The van der Waals surface area contributed by atoms with Crippen LogP contribution in [0.3, 0.4) is 0 Å². The molecular weight excluding hydrogens is 260 g/mol. The molecule has 0 saturated heterocycles. The lowest BCUT2D eigenvalue weighted by molar-refractivity contribution is 0.398. The van der Waals surface area contributed by atoms with Gasteiger partial charge in [0.05, 0.1) is 18.7 Å².